The molecule has 6 heteroatoms. The highest BCUT2D eigenvalue weighted by molar-refractivity contribution is 9.10. The van der Waals surface area contributed by atoms with Crippen molar-refractivity contribution < 1.29 is 13.9 Å². The Morgan fingerprint density at radius 3 is 2.69 bits per heavy atom. The molecular formula is C20H13BrClNO3. The molecule has 0 aliphatic heterocycles. The normalized spacial score (nSPS) is 11.0. The van der Waals surface area contributed by atoms with Gasteiger partial charge in [0.15, 0.2) is 0 Å². The molecule has 1 aromatic heterocycles. The predicted molar refractivity (Wildman–Crippen MR) is 107 cm³/mol. The van der Waals surface area contributed by atoms with E-state index in [9.17, 15) is 4.79 Å². The Bertz CT molecular complexity index is 1150. The second-order valence-corrected chi connectivity index (χ2v) is 7.05. The summed E-state index contributed by atoms with van der Waals surface area (Å²) in [5, 5.41) is 5.14. The molecule has 0 saturated carbocycles. The van der Waals surface area contributed by atoms with Gasteiger partial charge >= 0.3 is 0 Å². The van der Waals surface area contributed by atoms with Gasteiger partial charge in [0.25, 0.3) is 5.91 Å². The number of benzene rings is 3. The summed E-state index contributed by atoms with van der Waals surface area (Å²) in [5.74, 6) is 0.216. The number of hydrogen-bond donors (Lipinski definition) is 1. The van der Waals surface area contributed by atoms with E-state index < -0.39 is 0 Å². The molecule has 0 bridgehead atoms. The Balaban J connectivity index is 1.79. The molecule has 0 radical (unpaired) electrons. The quantitative estimate of drug-likeness (QED) is 0.417. The van der Waals surface area contributed by atoms with Crippen molar-refractivity contribution in [3.05, 3.63) is 69.7 Å². The monoisotopic (exact) mass is 429 g/mol. The minimum Gasteiger partial charge on any atom is -0.495 e. The van der Waals surface area contributed by atoms with Crippen molar-refractivity contribution in [1.82, 2.24) is 0 Å². The standard InChI is InChI=1S/C20H13BrClNO3/c1-25-19-9-13-12-4-2-3-5-17(12)26-18(13)10-16(19)23-20(24)14-8-11(21)6-7-15(14)22/h2-10H,1H3,(H,23,24). The number of ether oxygens (including phenoxy) is 1. The Morgan fingerprint density at radius 1 is 1.08 bits per heavy atom. The van der Waals surface area contributed by atoms with Crippen LogP contribution in [0.5, 0.6) is 5.75 Å². The fourth-order valence-electron chi connectivity index (χ4n) is 2.88. The Kier molecular flexibility index (Phi) is 4.34. The van der Waals surface area contributed by atoms with E-state index in [0.29, 0.717) is 27.6 Å². The zero-order chi connectivity index (χ0) is 18.3. The zero-order valence-electron chi connectivity index (χ0n) is 13.7. The van der Waals surface area contributed by atoms with Gasteiger partial charge in [-0.3, -0.25) is 4.79 Å². The highest BCUT2D eigenvalue weighted by Crippen LogP contribution is 2.36. The van der Waals surface area contributed by atoms with Crippen molar-refractivity contribution in [2.75, 3.05) is 12.4 Å². The SMILES string of the molecule is COc1cc2c(cc1NC(=O)c1cc(Br)ccc1Cl)oc1ccccc12. The summed E-state index contributed by atoms with van der Waals surface area (Å²) in [4.78, 5) is 12.7. The third kappa shape index (κ3) is 2.93. The Hall–Kier alpha value is -2.50. The Labute approximate surface area is 162 Å². The van der Waals surface area contributed by atoms with Gasteiger partial charge in [-0.2, -0.15) is 0 Å². The number of carbonyl (C=O) groups excluding carboxylic acids is 1. The van der Waals surface area contributed by atoms with E-state index in [4.69, 9.17) is 20.8 Å². The number of furan rings is 1. The van der Waals surface area contributed by atoms with Crippen LogP contribution in [0.3, 0.4) is 0 Å². The Morgan fingerprint density at radius 2 is 1.88 bits per heavy atom. The second kappa shape index (κ2) is 6.67. The van der Waals surface area contributed by atoms with E-state index in [1.165, 1.54) is 0 Å². The minimum absolute atomic E-state index is 0.329. The fraction of sp³-hybridized carbons (Fsp3) is 0.0500. The third-order valence-electron chi connectivity index (χ3n) is 4.12. The van der Waals surface area contributed by atoms with Gasteiger partial charge in [0.1, 0.15) is 16.9 Å². The lowest BCUT2D eigenvalue weighted by Crippen LogP contribution is -2.13. The van der Waals surface area contributed by atoms with Crippen LogP contribution in [-0.4, -0.2) is 13.0 Å². The maximum Gasteiger partial charge on any atom is 0.257 e. The lowest BCUT2D eigenvalue weighted by Gasteiger charge is -2.11. The number of amides is 1. The molecule has 0 unspecified atom stereocenters. The number of hydrogen-bond acceptors (Lipinski definition) is 3. The van der Waals surface area contributed by atoms with Crippen molar-refractivity contribution in [3.63, 3.8) is 0 Å². The number of halogens is 2. The van der Waals surface area contributed by atoms with Gasteiger partial charge in [-0.25, -0.2) is 0 Å². The average molecular weight is 431 g/mol. The van der Waals surface area contributed by atoms with Crippen LogP contribution >= 0.6 is 27.5 Å². The molecule has 0 fully saturated rings. The first-order valence-corrected chi connectivity index (χ1v) is 8.99. The molecule has 26 heavy (non-hydrogen) atoms. The first kappa shape index (κ1) is 16.9. The molecule has 4 rings (SSSR count). The lowest BCUT2D eigenvalue weighted by atomic mass is 10.1. The van der Waals surface area contributed by atoms with Gasteiger partial charge < -0.3 is 14.5 Å². The number of rotatable bonds is 3. The number of carbonyl (C=O) groups is 1. The van der Waals surface area contributed by atoms with Crippen LogP contribution in [0, 0.1) is 0 Å². The summed E-state index contributed by atoms with van der Waals surface area (Å²) in [7, 11) is 1.56. The van der Waals surface area contributed by atoms with Gasteiger partial charge in [-0.15, -0.1) is 0 Å². The molecule has 1 heterocycles. The third-order valence-corrected chi connectivity index (χ3v) is 4.94. The summed E-state index contributed by atoms with van der Waals surface area (Å²) >= 11 is 9.50. The summed E-state index contributed by atoms with van der Waals surface area (Å²) in [6, 6.07) is 16.5. The molecule has 130 valence electrons. The van der Waals surface area contributed by atoms with E-state index in [-0.39, 0.29) is 5.91 Å². The topological polar surface area (TPSA) is 51.5 Å². The zero-order valence-corrected chi connectivity index (χ0v) is 16.0. The molecule has 0 saturated heterocycles. The minimum atomic E-state index is -0.329. The molecule has 3 aromatic carbocycles. The number of anilines is 1. The number of nitrogens with one attached hydrogen (secondary N) is 1. The highest BCUT2D eigenvalue weighted by Gasteiger charge is 2.16. The van der Waals surface area contributed by atoms with Crippen molar-refractivity contribution in [1.29, 1.82) is 0 Å². The van der Waals surface area contributed by atoms with E-state index >= 15 is 0 Å². The van der Waals surface area contributed by atoms with Crippen molar-refractivity contribution in [2.45, 2.75) is 0 Å². The summed E-state index contributed by atoms with van der Waals surface area (Å²) in [6.07, 6.45) is 0. The number of fused-ring (bicyclic) bond motifs is 3. The van der Waals surface area contributed by atoms with E-state index in [1.54, 1.807) is 31.4 Å². The summed E-state index contributed by atoms with van der Waals surface area (Å²) in [6.45, 7) is 0. The molecule has 1 N–H and O–H groups in total. The van der Waals surface area contributed by atoms with Gasteiger partial charge in [0.2, 0.25) is 0 Å². The second-order valence-electron chi connectivity index (χ2n) is 5.73. The van der Waals surface area contributed by atoms with Crippen LogP contribution in [0.15, 0.2) is 63.5 Å². The van der Waals surface area contributed by atoms with Crippen LogP contribution in [0.25, 0.3) is 21.9 Å². The van der Waals surface area contributed by atoms with Crippen LogP contribution < -0.4 is 10.1 Å². The van der Waals surface area contributed by atoms with Crippen molar-refractivity contribution in [2.24, 2.45) is 0 Å². The molecule has 4 nitrogen and oxygen atoms in total. The highest BCUT2D eigenvalue weighted by atomic mass is 79.9. The molecule has 1 amide bonds. The summed E-state index contributed by atoms with van der Waals surface area (Å²) < 4.78 is 12.1. The maximum atomic E-state index is 12.7. The molecule has 0 aliphatic rings. The fourth-order valence-corrected chi connectivity index (χ4v) is 3.44. The molecule has 4 aromatic rings. The maximum absolute atomic E-state index is 12.7. The van der Waals surface area contributed by atoms with Crippen molar-refractivity contribution in [3.8, 4) is 5.75 Å². The van der Waals surface area contributed by atoms with Crippen LogP contribution in [-0.2, 0) is 0 Å². The van der Waals surface area contributed by atoms with Crippen LogP contribution in [0.4, 0.5) is 5.69 Å². The lowest BCUT2D eigenvalue weighted by molar-refractivity contribution is 0.102. The molecular weight excluding hydrogens is 418 g/mol. The van der Waals surface area contributed by atoms with Gasteiger partial charge in [-0.1, -0.05) is 45.7 Å². The number of methoxy groups -OCH3 is 1. The average Bonchev–Trinajstić information content (AvgIpc) is 3.00. The predicted octanol–water partition coefficient (Wildman–Crippen LogP) is 6.26. The van der Waals surface area contributed by atoms with E-state index in [2.05, 4.69) is 21.2 Å². The van der Waals surface area contributed by atoms with Gasteiger partial charge in [0.05, 0.1) is 23.4 Å². The summed E-state index contributed by atoms with van der Waals surface area (Å²) in [5.41, 5.74) is 2.33. The first-order valence-electron chi connectivity index (χ1n) is 7.82. The van der Waals surface area contributed by atoms with Gasteiger partial charge in [-0.05, 0) is 30.3 Å². The van der Waals surface area contributed by atoms with E-state index in [1.807, 2.05) is 30.3 Å². The molecule has 0 spiro atoms. The van der Waals surface area contributed by atoms with Crippen LogP contribution in [0.2, 0.25) is 5.02 Å². The van der Waals surface area contributed by atoms with E-state index in [0.717, 1.165) is 20.8 Å². The van der Waals surface area contributed by atoms with Gasteiger partial charge in [0, 0.05) is 21.3 Å². The van der Waals surface area contributed by atoms with Crippen molar-refractivity contribution >= 4 is 61.1 Å². The number of para-hydroxylation sites is 1. The smallest absolute Gasteiger partial charge is 0.257 e. The largest absolute Gasteiger partial charge is 0.495 e. The molecule has 0 aliphatic carbocycles. The molecule has 0 atom stereocenters. The first-order chi connectivity index (χ1) is 12.6. The van der Waals surface area contributed by atoms with Crippen LogP contribution in [0.1, 0.15) is 10.4 Å².